The Labute approximate surface area is 111 Å². The lowest BCUT2D eigenvalue weighted by Gasteiger charge is -2.10. The summed E-state index contributed by atoms with van der Waals surface area (Å²) in [6.07, 6.45) is 2.23. The van der Waals surface area contributed by atoms with Crippen LogP contribution in [0.3, 0.4) is 0 Å². The van der Waals surface area contributed by atoms with Crippen LogP contribution >= 0.6 is 0 Å². The molecule has 2 rings (SSSR count). The first-order valence-electron chi connectivity index (χ1n) is 6.20. The topological polar surface area (TPSA) is 84.3 Å². The third-order valence-corrected chi connectivity index (χ3v) is 3.51. The first-order chi connectivity index (χ1) is 8.95. The number of hydrogen-bond donors (Lipinski definition) is 2. The molecule has 0 aromatic heterocycles. The van der Waals surface area contributed by atoms with Crippen LogP contribution in [0.25, 0.3) is 0 Å². The molecular formula is C13H17N3O3. The third kappa shape index (κ3) is 3.01. The molecule has 0 atom stereocenters. The van der Waals surface area contributed by atoms with E-state index in [0.29, 0.717) is 17.8 Å². The fourth-order valence-corrected chi connectivity index (χ4v) is 1.82. The number of hydrogen-bond acceptors (Lipinski definition) is 4. The molecule has 2 N–H and O–H groups in total. The number of amides is 1. The molecule has 6 nitrogen and oxygen atoms in total. The molecule has 0 aliphatic heterocycles. The van der Waals surface area contributed by atoms with E-state index >= 15 is 0 Å². The molecule has 1 aliphatic carbocycles. The van der Waals surface area contributed by atoms with E-state index in [0.717, 1.165) is 12.8 Å². The number of nitrogens with zero attached hydrogens (tertiary/aromatic N) is 1. The lowest BCUT2D eigenvalue weighted by atomic mass is 10.1. The van der Waals surface area contributed by atoms with Crippen LogP contribution in [0.1, 0.15) is 30.1 Å². The number of nitrogens with one attached hydrogen (secondary N) is 2. The number of benzene rings is 1. The van der Waals surface area contributed by atoms with Gasteiger partial charge in [0.25, 0.3) is 11.6 Å². The van der Waals surface area contributed by atoms with Gasteiger partial charge in [0.2, 0.25) is 0 Å². The standard InChI is InChI=1S/C13H17N3O3/c1-13(5-6-13)8-15-12(17)9-3-4-10(14-2)11(7-9)16(18)19/h3-4,7,14H,5-6,8H2,1-2H3,(H,15,17). The van der Waals surface area contributed by atoms with Gasteiger partial charge in [-0.2, -0.15) is 0 Å². The minimum absolute atomic E-state index is 0.0900. The minimum atomic E-state index is -0.495. The highest BCUT2D eigenvalue weighted by atomic mass is 16.6. The summed E-state index contributed by atoms with van der Waals surface area (Å²) in [7, 11) is 1.61. The summed E-state index contributed by atoms with van der Waals surface area (Å²) >= 11 is 0. The average Bonchev–Trinajstić information content (AvgIpc) is 3.13. The van der Waals surface area contributed by atoms with Gasteiger partial charge in [-0.05, 0) is 30.4 Å². The van der Waals surface area contributed by atoms with Gasteiger partial charge in [-0.25, -0.2) is 0 Å². The predicted molar refractivity (Wildman–Crippen MR) is 72.3 cm³/mol. The van der Waals surface area contributed by atoms with Crippen LogP contribution in [0.2, 0.25) is 0 Å². The summed E-state index contributed by atoms with van der Waals surface area (Å²) in [6.45, 7) is 2.73. The molecule has 0 radical (unpaired) electrons. The molecule has 1 aliphatic rings. The zero-order valence-corrected chi connectivity index (χ0v) is 11.0. The second-order valence-electron chi connectivity index (χ2n) is 5.23. The number of nitro groups is 1. The molecule has 0 unspecified atom stereocenters. The number of nitro benzene ring substituents is 1. The number of carbonyl (C=O) groups excluding carboxylic acids is 1. The zero-order valence-electron chi connectivity index (χ0n) is 11.0. The van der Waals surface area contributed by atoms with Crippen LogP contribution in [-0.2, 0) is 0 Å². The summed E-state index contributed by atoms with van der Waals surface area (Å²) < 4.78 is 0. The molecule has 6 heteroatoms. The van der Waals surface area contributed by atoms with E-state index in [1.165, 1.54) is 6.07 Å². The van der Waals surface area contributed by atoms with E-state index in [4.69, 9.17) is 0 Å². The molecule has 1 amide bonds. The lowest BCUT2D eigenvalue weighted by Crippen LogP contribution is -2.29. The number of rotatable bonds is 5. The summed E-state index contributed by atoms with van der Waals surface area (Å²) in [4.78, 5) is 22.4. The van der Waals surface area contributed by atoms with Crippen LogP contribution in [0.5, 0.6) is 0 Å². The van der Waals surface area contributed by atoms with Crippen molar-refractivity contribution in [1.29, 1.82) is 0 Å². The first kappa shape index (κ1) is 13.3. The quantitative estimate of drug-likeness (QED) is 0.629. The SMILES string of the molecule is CNc1ccc(C(=O)NCC2(C)CC2)cc1[N+](=O)[O-]. The van der Waals surface area contributed by atoms with Crippen LogP contribution in [0, 0.1) is 15.5 Å². The molecule has 1 fully saturated rings. The van der Waals surface area contributed by atoms with Gasteiger partial charge in [-0.3, -0.25) is 14.9 Å². The van der Waals surface area contributed by atoms with E-state index in [9.17, 15) is 14.9 Å². The number of carbonyl (C=O) groups is 1. The van der Waals surface area contributed by atoms with Crippen molar-refractivity contribution in [2.45, 2.75) is 19.8 Å². The van der Waals surface area contributed by atoms with E-state index in [1.54, 1.807) is 19.2 Å². The van der Waals surface area contributed by atoms with Gasteiger partial charge in [0.1, 0.15) is 5.69 Å². The molecule has 102 valence electrons. The second kappa shape index (κ2) is 4.87. The molecular weight excluding hydrogens is 246 g/mol. The highest BCUT2D eigenvalue weighted by Gasteiger charge is 2.37. The molecule has 1 aromatic carbocycles. The highest BCUT2D eigenvalue weighted by Crippen LogP contribution is 2.44. The van der Waals surface area contributed by atoms with Crippen molar-refractivity contribution >= 4 is 17.3 Å². The van der Waals surface area contributed by atoms with E-state index < -0.39 is 4.92 Å². The van der Waals surface area contributed by atoms with Crippen LogP contribution in [-0.4, -0.2) is 24.4 Å². The van der Waals surface area contributed by atoms with Gasteiger partial charge >= 0.3 is 0 Å². The Morgan fingerprint density at radius 3 is 2.68 bits per heavy atom. The van der Waals surface area contributed by atoms with Gasteiger partial charge in [0.05, 0.1) is 4.92 Å². The van der Waals surface area contributed by atoms with Crippen molar-refractivity contribution in [3.63, 3.8) is 0 Å². The maximum absolute atomic E-state index is 11.9. The molecule has 1 aromatic rings. The zero-order chi connectivity index (χ0) is 14.0. The molecule has 19 heavy (non-hydrogen) atoms. The van der Waals surface area contributed by atoms with E-state index in [2.05, 4.69) is 17.6 Å². The Balaban J connectivity index is 2.13. The largest absolute Gasteiger partial charge is 0.383 e. The maximum atomic E-state index is 11.9. The summed E-state index contributed by atoms with van der Waals surface area (Å²) in [5.41, 5.74) is 0.838. The normalized spacial score (nSPS) is 15.7. The Kier molecular flexibility index (Phi) is 3.42. The summed E-state index contributed by atoms with van der Waals surface area (Å²) in [5, 5.41) is 16.5. The highest BCUT2D eigenvalue weighted by molar-refractivity contribution is 5.95. The summed E-state index contributed by atoms with van der Waals surface area (Å²) in [5.74, 6) is -0.265. The van der Waals surface area contributed by atoms with Gasteiger partial charge < -0.3 is 10.6 Å². The second-order valence-corrected chi connectivity index (χ2v) is 5.23. The Morgan fingerprint density at radius 1 is 1.47 bits per heavy atom. The van der Waals surface area contributed by atoms with Gasteiger partial charge in [-0.1, -0.05) is 6.92 Å². The maximum Gasteiger partial charge on any atom is 0.293 e. The monoisotopic (exact) mass is 263 g/mol. The van der Waals surface area contributed by atoms with E-state index in [-0.39, 0.29) is 17.0 Å². The van der Waals surface area contributed by atoms with E-state index in [1.807, 2.05) is 0 Å². The molecule has 0 spiro atoms. The smallest absolute Gasteiger partial charge is 0.293 e. The predicted octanol–water partition coefficient (Wildman–Crippen LogP) is 2.17. The Hall–Kier alpha value is -2.11. The fourth-order valence-electron chi connectivity index (χ4n) is 1.82. The van der Waals surface area contributed by atoms with Crippen molar-refractivity contribution in [3.05, 3.63) is 33.9 Å². The third-order valence-electron chi connectivity index (χ3n) is 3.51. The van der Waals surface area contributed by atoms with Gasteiger partial charge in [-0.15, -0.1) is 0 Å². The van der Waals surface area contributed by atoms with Crippen molar-refractivity contribution < 1.29 is 9.72 Å². The van der Waals surface area contributed by atoms with Crippen LogP contribution in [0.15, 0.2) is 18.2 Å². The van der Waals surface area contributed by atoms with Crippen LogP contribution in [0.4, 0.5) is 11.4 Å². The Morgan fingerprint density at radius 2 is 2.16 bits per heavy atom. The van der Waals surface area contributed by atoms with Gasteiger partial charge in [0, 0.05) is 25.2 Å². The molecule has 0 saturated heterocycles. The molecule has 1 saturated carbocycles. The minimum Gasteiger partial charge on any atom is -0.383 e. The average molecular weight is 263 g/mol. The first-order valence-corrected chi connectivity index (χ1v) is 6.20. The lowest BCUT2D eigenvalue weighted by molar-refractivity contribution is -0.384. The van der Waals surface area contributed by atoms with Crippen molar-refractivity contribution in [3.8, 4) is 0 Å². The van der Waals surface area contributed by atoms with Gasteiger partial charge in [0.15, 0.2) is 0 Å². The summed E-state index contributed by atoms with van der Waals surface area (Å²) in [6, 6.07) is 4.44. The fraction of sp³-hybridized carbons (Fsp3) is 0.462. The van der Waals surface area contributed by atoms with Crippen molar-refractivity contribution in [2.24, 2.45) is 5.41 Å². The molecule has 0 bridgehead atoms. The van der Waals surface area contributed by atoms with Crippen molar-refractivity contribution in [1.82, 2.24) is 5.32 Å². The van der Waals surface area contributed by atoms with Crippen LogP contribution < -0.4 is 10.6 Å². The Bertz CT molecular complexity index is 524. The number of anilines is 1. The van der Waals surface area contributed by atoms with Crippen molar-refractivity contribution in [2.75, 3.05) is 18.9 Å². The molecule has 0 heterocycles.